The number of hydrogen-bond donors (Lipinski definition) is 0. The van der Waals surface area contributed by atoms with E-state index in [1.807, 2.05) is 13.0 Å². The number of nitrogens with zero attached hydrogens (tertiary/aromatic N) is 2. The molecule has 2 aliphatic rings. The van der Waals surface area contributed by atoms with Gasteiger partial charge in [0.2, 0.25) is 5.91 Å². The molecule has 0 aromatic heterocycles. The summed E-state index contributed by atoms with van der Waals surface area (Å²) in [5.41, 5.74) is -0.467. The van der Waals surface area contributed by atoms with Gasteiger partial charge in [0.1, 0.15) is 23.7 Å². The molecule has 2 saturated heterocycles. The van der Waals surface area contributed by atoms with Crippen molar-refractivity contribution in [3.8, 4) is 11.5 Å². The largest absolute Gasteiger partial charge is 0.494 e. The number of amides is 2. The molecule has 1 unspecified atom stereocenters. The van der Waals surface area contributed by atoms with E-state index in [4.69, 9.17) is 30.5 Å². The van der Waals surface area contributed by atoms with Crippen molar-refractivity contribution in [3.63, 3.8) is 0 Å². The van der Waals surface area contributed by atoms with Crippen molar-refractivity contribution in [1.82, 2.24) is 9.80 Å². The van der Waals surface area contributed by atoms with Gasteiger partial charge in [0.25, 0.3) is 5.91 Å². The van der Waals surface area contributed by atoms with E-state index >= 15 is 0 Å². The molecule has 1 atom stereocenters. The summed E-state index contributed by atoms with van der Waals surface area (Å²) in [4.78, 5) is 30.1. The fraction of sp³-hybridized carbons (Fsp3) is 0.462. The van der Waals surface area contributed by atoms with Crippen LogP contribution in [0.2, 0.25) is 5.02 Å². The molecule has 0 N–H and O–H groups in total. The first-order chi connectivity index (χ1) is 17.0. The SMILES string of the molecule is CCOc1cccc(C(=O)N2CCOC(COc3cccc(Cl)c3)(CC(=O)N3CCOCC3)C2)c1. The van der Waals surface area contributed by atoms with Gasteiger partial charge in [-0.3, -0.25) is 9.59 Å². The van der Waals surface area contributed by atoms with Crippen LogP contribution in [0.5, 0.6) is 11.5 Å². The quantitative estimate of drug-likeness (QED) is 0.551. The summed E-state index contributed by atoms with van der Waals surface area (Å²) in [5, 5.41) is 0.552. The van der Waals surface area contributed by atoms with Crippen molar-refractivity contribution in [2.24, 2.45) is 0 Å². The van der Waals surface area contributed by atoms with Crippen LogP contribution in [0.4, 0.5) is 0 Å². The van der Waals surface area contributed by atoms with Gasteiger partial charge in [0.15, 0.2) is 0 Å². The highest BCUT2D eigenvalue weighted by atomic mass is 35.5. The molecule has 9 heteroatoms. The molecular weight excluding hydrogens is 472 g/mol. The van der Waals surface area contributed by atoms with Crippen LogP contribution in [0, 0.1) is 0 Å². The van der Waals surface area contributed by atoms with Gasteiger partial charge in [-0.15, -0.1) is 0 Å². The van der Waals surface area contributed by atoms with Crippen LogP contribution in [-0.2, 0) is 14.3 Å². The lowest BCUT2D eigenvalue weighted by Crippen LogP contribution is -2.58. The summed E-state index contributed by atoms with van der Waals surface area (Å²) < 4.78 is 23.2. The minimum absolute atomic E-state index is 0.0457. The minimum atomic E-state index is -0.997. The Hall–Kier alpha value is -2.81. The van der Waals surface area contributed by atoms with E-state index in [1.54, 1.807) is 52.3 Å². The number of hydrogen-bond acceptors (Lipinski definition) is 6. The Labute approximate surface area is 210 Å². The lowest BCUT2D eigenvalue weighted by atomic mass is 9.96. The molecule has 0 spiro atoms. The summed E-state index contributed by atoms with van der Waals surface area (Å²) in [6.45, 7) is 5.56. The number of carbonyl (C=O) groups excluding carboxylic acids is 2. The molecule has 35 heavy (non-hydrogen) atoms. The van der Waals surface area contributed by atoms with Crippen LogP contribution in [-0.4, -0.2) is 86.4 Å². The smallest absolute Gasteiger partial charge is 0.254 e. The molecule has 4 rings (SSSR count). The average Bonchev–Trinajstić information content (AvgIpc) is 2.88. The average molecular weight is 503 g/mol. The standard InChI is InChI=1S/C26H31ClN2O6/c1-2-33-22-7-3-5-20(15-22)25(31)29-11-14-35-26(18-29,17-24(30)28-9-12-32-13-10-28)19-34-23-8-4-6-21(27)16-23/h3-8,15-16H,2,9-14,17-19H2,1H3. The summed E-state index contributed by atoms with van der Waals surface area (Å²) in [7, 11) is 0. The normalized spacial score (nSPS) is 20.4. The van der Waals surface area contributed by atoms with Crippen LogP contribution in [0.15, 0.2) is 48.5 Å². The van der Waals surface area contributed by atoms with E-state index in [-0.39, 0.29) is 31.4 Å². The van der Waals surface area contributed by atoms with Gasteiger partial charge in [0, 0.05) is 30.2 Å². The van der Waals surface area contributed by atoms with Crippen molar-refractivity contribution in [1.29, 1.82) is 0 Å². The number of halogens is 1. The first-order valence-electron chi connectivity index (χ1n) is 11.9. The fourth-order valence-electron chi connectivity index (χ4n) is 4.30. The van der Waals surface area contributed by atoms with Gasteiger partial charge in [0.05, 0.1) is 39.4 Å². The predicted octanol–water partition coefficient (Wildman–Crippen LogP) is 3.28. The van der Waals surface area contributed by atoms with Crippen molar-refractivity contribution in [2.45, 2.75) is 18.9 Å². The van der Waals surface area contributed by atoms with Gasteiger partial charge in [-0.1, -0.05) is 23.7 Å². The van der Waals surface area contributed by atoms with E-state index in [0.717, 1.165) is 0 Å². The molecule has 2 amide bonds. The van der Waals surface area contributed by atoms with Crippen LogP contribution >= 0.6 is 11.6 Å². The molecule has 0 aliphatic carbocycles. The van der Waals surface area contributed by atoms with E-state index in [9.17, 15) is 9.59 Å². The van der Waals surface area contributed by atoms with Crippen LogP contribution < -0.4 is 9.47 Å². The number of ether oxygens (including phenoxy) is 4. The third-order valence-electron chi connectivity index (χ3n) is 6.06. The lowest BCUT2D eigenvalue weighted by molar-refractivity contribution is -0.155. The zero-order valence-corrected chi connectivity index (χ0v) is 20.7. The highest BCUT2D eigenvalue weighted by molar-refractivity contribution is 6.30. The van der Waals surface area contributed by atoms with Gasteiger partial charge in [-0.2, -0.15) is 0 Å². The Bertz CT molecular complexity index is 1030. The number of rotatable bonds is 8. The zero-order chi connectivity index (χ0) is 24.7. The highest BCUT2D eigenvalue weighted by Crippen LogP contribution is 2.28. The van der Waals surface area contributed by atoms with Gasteiger partial charge >= 0.3 is 0 Å². The first-order valence-corrected chi connectivity index (χ1v) is 12.3. The molecule has 8 nitrogen and oxygen atoms in total. The van der Waals surface area contributed by atoms with Gasteiger partial charge in [-0.25, -0.2) is 0 Å². The van der Waals surface area contributed by atoms with Gasteiger partial charge < -0.3 is 28.7 Å². The monoisotopic (exact) mass is 502 g/mol. The maximum Gasteiger partial charge on any atom is 0.254 e. The molecule has 2 aliphatic heterocycles. The maximum atomic E-state index is 13.4. The number of carbonyl (C=O) groups is 2. The summed E-state index contributed by atoms with van der Waals surface area (Å²) in [5.74, 6) is 1.04. The van der Waals surface area contributed by atoms with E-state index in [1.165, 1.54) is 0 Å². The minimum Gasteiger partial charge on any atom is -0.494 e. The molecule has 0 bridgehead atoms. The first kappa shape index (κ1) is 25.3. The van der Waals surface area contributed by atoms with Gasteiger partial charge in [-0.05, 0) is 43.3 Å². The maximum absolute atomic E-state index is 13.4. The van der Waals surface area contributed by atoms with Crippen molar-refractivity contribution < 1.29 is 28.5 Å². The van der Waals surface area contributed by atoms with Crippen LogP contribution in [0.1, 0.15) is 23.7 Å². The third-order valence-corrected chi connectivity index (χ3v) is 6.30. The molecule has 2 aromatic rings. The molecular formula is C26H31ClN2O6. The highest BCUT2D eigenvalue weighted by Gasteiger charge is 2.42. The second-order valence-corrected chi connectivity index (χ2v) is 9.07. The van der Waals surface area contributed by atoms with Crippen molar-refractivity contribution in [3.05, 3.63) is 59.1 Å². The topological polar surface area (TPSA) is 77.5 Å². The number of benzene rings is 2. The Kier molecular flexibility index (Phi) is 8.49. The Morgan fingerprint density at radius 2 is 1.69 bits per heavy atom. The van der Waals surface area contributed by atoms with Crippen molar-refractivity contribution in [2.75, 3.05) is 59.2 Å². The lowest BCUT2D eigenvalue weighted by Gasteiger charge is -2.43. The Balaban J connectivity index is 1.53. The van der Waals surface area contributed by atoms with Crippen LogP contribution in [0.3, 0.4) is 0 Å². The fourth-order valence-corrected chi connectivity index (χ4v) is 4.48. The Morgan fingerprint density at radius 1 is 0.971 bits per heavy atom. The molecule has 2 fully saturated rings. The molecule has 2 heterocycles. The van der Waals surface area contributed by atoms with Crippen molar-refractivity contribution >= 4 is 23.4 Å². The molecule has 0 saturated carbocycles. The molecule has 0 radical (unpaired) electrons. The number of morpholine rings is 2. The summed E-state index contributed by atoms with van der Waals surface area (Å²) in [6, 6.07) is 14.2. The third kappa shape index (κ3) is 6.66. The van der Waals surface area contributed by atoms with E-state index in [2.05, 4.69) is 0 Å². The second-order valence-electron chi connectivity index (χ2n) is 8.64. The second kappa shape index (κ2) is 11.7. The predicted molar refractivity (Wildman–Crippen MR) is 131 cm³/mol. The van der Waals surface area contributed by atoms with E-state index < -0.39 is 5.60 Å². The molecule has 188 valence electrons. The Morgan fingerprint density at radius 3 is 2.43 bits per heavy atom. The van der Waals surface area contributed by atoms with Crippen LogP contribution in [0.25, 0.3) is 0 Å². The summed E-state index contributed by atoms with van der Waals surface area (Å²) in [6.07, 6.45) is 0.0936. The zero-order valence-electron chi connectivity index (χ0n) is 19.9. The summed E-state index contributed by atoms with van der Waals surface area (Å²) >= 11 is 6.11. The molecule has 2 aromatic carbocycles. The van der Waals surface area contributed by atoms with E-state index in [0.29, 0.717) is 68.1 Å².